The van der Waals surface area contributed by atoms with Crippen LogP contribution < -0.4 is 10.5 Å². The summed E-state index contributed by atoms with van der Waals surface area (Å²) in [6.45, 7) is 5.14. The van der Waals surface area contributed by atoms with E-state index in [1.54, 1.807) is 11.9 Å². The Labute approximate surface area is 121 Å². The Morgan fingerprint density at radius 2 is 2.20 bits per heavy atom. The van der Waals surface area contributed by atoms with E-state index in [0.717, 1.165) is 30.6 Å². The SMILES string of the molecule is CCCCC(N)C(=O)N(C)CCOc1cccc(C)c1. The van der Waals surface area contributed by atoms with E-state index >= 15 is 0 Å². The summed E-state index contributed by atoms with van der Waals surface area (Å²) in [7, 11) is 1.77. The Hall–Kier alpha value is -1.55. The van der Waals surface area contributed by atoms with Gasteiger partial charge in [-0.3, -0.25) is 4.79 Å². The number of carbonyl (C=O) groups is 1. The smallest absolute Gasteiger partial charge is 0.239 e. The summed E-state index contributed by atoms with van der Waals surface area (Å²) < 4.78 is 5.63. The van der Waals surface area contributed by atoms with Crippen molar-refractivity contribution in [2.45, 2.75) is 39.2 Å². The third-order valence-corrected chi connectivity index (χ3v) is 3.25. The number of amides is 1. The molecule has 0 aliphatic rings. The van der Waals surface area contributed by atoms with Crippen molar-refractivity contribution in [2.75, 3.05) is 20.2 Å². The predicted molar refractivity (Wildman–Crippen MR) is 81.8 cm³/mol. The molecule has 0 radical (unpaired) electrons. The van der Waals surface area contributed by atoms with Crippen LogP contribution in [-0.2, 0) is 4.79 Å². The van der Waals surface area contributed by atoms with Crippen LogP contribution in [0.3, 0.4) is 0 Å². The second kappa shape index (κ2) is 8.59. The number of rotatable bonds is 8. The Bertz CT molecular complexity index is 421. The maximum absolute atomic E-state index is 12.0. The lowest BCUT2D eigenvalue weighted by Crippen LogP contribution is -2.43. The number of aryl methyl sites for hydroxylation is 1. The van der Waals surface area contributed by atoms with Crippen LogP contribution in [0.1, 0.15) is 31.7 Å². The number of ether oxygens (including phenoxy) is 1. The van der Waals surface area contributed by atoms with Gasteiger partial charge < -0.3 is 15.4 Å². The van der Waals surface area contributed by atoms with Gasteiger partial charge in [-0.15, -0.1) is 0 Å². The summed E-state index contributed by atoms with van der Waals surface area (Å²) in [5.74, 6) is 0.826. The zero-order chi connectivity index (χ0) is 15.0. The molecular formula is C16H26N2O2. The lowest BCUT2D eigenvalue weighted by atomic mass is 10.1. The molecular weight excluding hydrogens is 252 g/mol. The van der Waals surface area contributed by atoms with Crippen LogP contribution in [0.15, 0.2) is 24.3 Å². The van der Waals surface area contributed by atoms with Crippen molar-refractivity contribution in [1.29, 1.82) is 0 Å². The van der Waals surface area contributed by atoms with Crippen molar-refractivity contribution in [2.24, 2.45) is 5.73 Å². The van der Waals surface area contributed by atoms with Crippen LogP contribution in [-0.4, -0.2) is 37.0 Å². The second-order valence-electron chi connectivity index (χ2n) is 5.17. The van der Waals surface area contributed by atoms with Gasteiger partial charge in [0.05, 0.1) is 12.6 Å². The molecule has 1 atom stereocenters. The molecule has 4 nitrogen and oxygen atoms in total. The molecule has 0 saturated carbocycles. The topological polar surface area (TPSA) is 55.6 Å². The number of carbonyl (C=O) groups excluding carboxylic acids is 1. The second-order valence-corrected chi connectivity index (χ2v) is 5.17. The van der Waals surface area contributed by atoms with Gasteiger partial charge >= 0.3 is 0 Å². The maximum atomic E-state index is 12.0. The van der Waals surface area contributed by atoms with Crippen molar-refractivity contribution >= 4 is 5.91 Å². The first-order chi connectivity index (χ1) is 9.54. The van der Waals surface area contributed by atoms with Crippen LogP contribution in [0.5, 0.6) is 5.75 Å². The maximum Gasteiger partial charge on any atom is 0.239 e. The fourth-order valence-corrected chi connectivity index (χ4v) is 1.95. The first-order valence-electron chi connectivity index (χ1n) is 7.24. The summed E-state index contributed by atoms with van der Waals surface area (Å²) in [5, 5.41) is 0. The number of nitrogens with two attached hydrogens (primary N) is 1. The van der Waals surface area contributed by atoms with E-state index in [9.17, 15) is 4.79 Å². The Morgan fingerprint density at radius 3 is 2.85 bits per heavy atom. The van der Waals surface area contributed by atoms with Gasteiger partial charge in [-0.05, 0) is 31.0 Å². The van der Waals surface area contributed by atoms with Gasteiger partial charge in [0.2, 0.25) is 5.91 Å². The number of hydrogen-bond donors (Lipinski definition) is 1. The Morgan fingerprint density at radius 1 is 1.45 bits per heavy atom. The zero-order valence-electron chi connectivity index (χ0n) is 12.8. The Kier molecular flexibility index (Phi) is 7.09. The molecule has 0 heterocycles. The highest BCUT2D eigenvalue weighted by atomic mass is 16.5. The van der Waals surface area contributed by atoms with E-state index in [1.165, 1.54) is 0 Å². The zero-order valence-corrected chi connectivity index (χ0v) is 12.8. The minimum atomic E-state index is -0.390. The molecule has 1 rings (SSSR count). The molecule has 0 aromatic heterocycles. The summed E-state index contributed by atoms with van der Waals surface area (Å²) in [6.07, 6.45) is 2.79. The average molecular weight is 278 g/mol. The van der Waals surface area contributed by atoms with Crippen LogP contribution in [0, 0.1) is 6.92 Å². The van der Waals surface area contributed by atoms with Crippen LogP contribution in [0.4, 0.5) is 0 Å². The van der Waals surface area contributed by atoms with Gasteiger partial charge in [0, 0.05) is 7.05 Å². The molecule has 1 aromatic rings. The average Bonchev–Trinajstić information content (AvgIpc) is 2.43. The van der Waals surface area contributed by atoms with Crippen molar-refractivity contribution < 1.29 is 9.53 Å². The Balaban J connectivity index is 2.32. The quantitative estimate of drug-likeness (QED) is 0.794. The van der Waals surface area contributed by atoms with E-state index in [1.807, 2.05) is 31.2 Å². The molecule has 1 aromatic carbocycles. The van der Waals surface area contributed by atoms with Crippen LogP contribution >= 0.6 is 0 Å². The van der Waals surface area contributed by atoms with E-state index < -0.39 is 0 Å². The predicted octanol–water partition coefficient (Wildman–Crippen LogP) is 2.35. The van der Waals surface area contributed by atoms with Crippen molar-refractivity contribution in [1.82, 2.24) is 4.90 Å². The molecule has 0 spiro atoms. The van der Waals surface area contributed by atoms with Crippen LogP contribution in [0.2, 0.25) is 0 Å². The van der Waals surface area contributed by atoms with Crippen LogP contribution in [0.25, 0.3) is 0 Å². The minimum Gasteiger partial charge on any atom is -0.492 e. The monoisotopic (exact) mass is 278 g/mol. The fraction of sp³-hybridized carbons (Fsp3) is 0.562. The first-order valence-corrected chi connectivity index (χ1v) is 7.24. The van der Waals surface area contributed by atoms with Gasteiger partial charge in [0.1, 0.15) is 12.4 Å². The number of hydrogen-bond acceptors (Lipinski definition) is 3. The highest BCUT2D eigenvalue weighted by Gasteiger charge is 2.17. The van der Waals surface area contributed by atoms with E-state index in [2.05, 4.69) is 6.92 Å². The van der Waals surface area contributed by atoms with E-state index in [4.69, 9.17) is 10.5 Å². The third kappa shape index (κ3) is 5.61. The number of unbranched alkanes of at least 4 members (excludes halogenated alkanes) is 1. The summed E-state index contributed by atoms with van der Waals surface area (Å²) in [6, 6.07) is 7.49. The van der Waals surface area contributed by atoms with Gasteiger partial charge in [-0.25, -0.2) is 0 Å². The van der Waals surface area contributed by atoms with Gasteiger partial charge in [0.25, 0.3) is 0 Å². The number of nitrogens with zero attached hydrogens (tertiary/aromatic N) is 1. The molecule has 20 heavy (non-hydrogen) atoms. The lowest BCUT2D eigenvalue weighted by molar-refractivity contribution is -0.131. The fourth-order valence-electron chi connectivity index (χ4n) is 1.95. The lowest BCUT2D eigenvalue weighted by Gasteiger charge is -2.21. The molecule has 4 heteroatoms. The summed E-state index contributed by atoms with van der Waals surface area (Å²) in [4.78, 5) is 13.6. The van der Waals surface area contributed by atoms with Crippen molar-refractivity contribution in [3.63, 3.8) is 0 Å². The highest BCUT2D eigenvalue weighted by Crippen LogP contribution is 2.12. The molecule has 0 bridgehead atoms. The third-order valence-electron chi connectivity index (χ3n) is 3.25. The highest BCUT2D eigenvalue weighted by molar-refractivity contribution is 5.81. The molecule has 112 valence electrons. The standard InChI is InChI=1S/C16H26N2O2/c1-4-5-9-15(17)16(19)18(3)10-11-20-14-8-6-7-13(2)12-14/h6-8,12,15H,4-5,9-11,17H2,1-3H3. The first kappa shape index (κ1) is 16.5. The minimum absolute atomic E-state index is 0.00806. The normalized spacial score (nSPS) is 12.0. The van der Waals surface area contributed by atoms with Gasteiger partial charge in [-0.2, -0.15) is 0 Å². The van der Waals surface area contributed by atoms with Crippen molar-refractivity contribution in [3.8, 4) is 5.75 Å². The van der Waals surface area contributed by atoms with Gasteiger partial charge in [-0.1, -0.05) is 31.9 Å². The largest absolute Gasteiger partial charge is 0.492 e. The molecule has 1 unspecified atom stereocenters. The molecule has 0 saturated heterocycles. The van der Waals surface area contributed by atoms with E-state index in [0.29, 0.717) is 13.2 Å². The van der Waals surface area contributed by atoms with Gasteiger partial charge in [0.15, 0.2) is 0 Å². The molecule has 1 amide bonds. The van der Waals surface area contributed by atoms with E-state index in [-0.39, 0.29) is 11.9 Å². The molecule has 0 aliphatic carbocycles. The molecule has 2 N–H and O–H groups in total. The number of benzene rings is 1. The summed E-state index contributed by atoms with van der Waals surface area (Å²) in [5.41, 5.74) is 7.04. The number of likely N-dealkylation sites (N-methyl/N-ethyl adjacent to an activating group) is 1. The molecule has 0 aliphatic heterocycles. The summed E-state index contributed by atoms with van der Waals surface area (Å²) >= 11 is 0. The van der Waals surface area contributed by atoms with Crippen molar-refractivity contribution in [3.05, 3.63) is 29.8 Å². The molecule has 0 fully saturated rings.